The van der Waals surface area contributed by atoms with Gasteiger partial charge in [0.2, 0.25) is 0 Å². The van der Waals surface area contributed by atoms with E-state index in [0.717, 1.165) is 0 Å². The van der Waals surface area contributed by atoms with Crippen LogP contribution in [0.5, 0.6) is 0 Å². The quantitative estimate of drug-likeness (QED) is 0.504. The zero-order valence-electron chi connectivity index (χ0n) is 3.93. The van der Waals surface area contributed by atoms with Crippen molar-refractivity contribution in [1.29, 1.82) is 0 Å². The Bertz CT molecular complexity index is 66.0. The van der Waals surface area contributed by atoms with Crippen molar-refractivity contribution >= 4 is 17.9 Å². The van der Waals surface area contributed by atoms with Gasteiger partial charge < -0.3 is 4.74 Å². The Morgan fingerprint density at radius 1 is 2.00 bits per heavy atom. The molecular weight excluding hydrogens is 114 g/mol. The zero-order valence-corrected chi connectivity index (χ0v) is 4.75. The van der Waals surface area contributed by atoms with Gasteiger partial charge in [-0.25, -0.2) is 10.5 Å². The molecule has 1 amide bonds. The van der Waals surface area contributed by atoms with Crippen molar-refractivity contribution in [3.63, 3.8) is 0 Å². The Labute approximate surface area is 46.2 Å². The molecule has 0 aliphatic rings. The summed E-state index contributed by atoms with van der Waals surface area (Å²) in [6, 6.07) is 0. The van der Waals surface area contributed by atoms with Crippen LogP contribution in [0.15, 0.2) is 0 Å². The third-order valence-electron chi connectivity index (χ3n) is 0.308. The van der Waals surface area contributed by atoms with Crippen molar-refractivity contribution in [1.82, 2.24) is 5.73 Å². The monoisotopic (exact) mass is 120 g/mol. The van der Waals surface area contributed by atoms with E-state index in [1.165, 1.54) is 11.8 Å². The topological polar surface area (TPSA) is 50.1 Å². The van der Waals surface area contributed by atoms with Gasteiger partial charge >= 0.3 is 6.09 Å². The van der Waals surface area contributed by atoms with Gasteiger partial charge in [0.15, 0.2) is 0 Å². The average molecular weight is 120 g/mol. The summed E-state index contributed by atoms with van der Waals surface area (Å²) >= 11 is 1.37. The second-order valence-electron chi connectivity index (χ2n) is 0.838. The van der Waals surface area contributed by atoms with E-state index in [0.29, 0.717) is 0 Å². The minimum absolute atomic E-state index is 0.280. The van der Waals surface area contributed by atoms with Gasteiger partial charge in [-0.05, 0) is 6.26 Å². The lowest BCUT2D eigenvalue weighted by Gasteiger charge is -1.92. The molecule has 41 valence electrons. The summed E-state index contributed by atoms with van der Waals surface area (Å²) in [7, 11) is 0. The van der Waals surface area contributed by atoms with Gasteiger partial charge in [-0.1, -0.05) is 0 Å². The van der Waals surface area contributed by atoms with Crippen molar-refractivity contribution in [3.05, 3.63) is 0 Å². The van der Waals surface area contributed by atoms with Crippen molar-refractivity contribution < 1.29 is 9.53 Å². The number of thioether (sulfide) groups is 1. The molecule has 0 aromatic heterocycles. The Morgan fingerprint density at radius 3 is 2.71 bits per heavy atom. The second-order valence-corrected chi connectivity index (χ2v) is 1.65. The number of ether oxygens (including phenoxy) is 1. The van der Waals surface area contributed by atoms with E-state index in [-0.39, 0.29) is 5.94 Å². The first-order valence-corrected chi connectivity index (χ1v) is 3.04. The van der Waals surface area contributed by atoms with E-state index in [1.807, 2.05) is 0 Å². The lowest BCUT2D eigenvalue weighted by Crippen LogP contribution is -2.00. The number of amides is 1. The molecule has 0 saturated heterocycles. The number of carbonyl (C=O) groups excluding carboxylic acids is 1. The summed E-state index contributed by atoms with van der Waals surface area (Å²) in [5, 5.41) is 0. The maximum atomic E-state index is 9.63. The SMILES string of the molecule is CSCOC([NH])=O. The third kappa shape index (κ3) is 5.62. The van der Waals surface area contributed by atoms with Gasteiger partial charge in [0, 0.05) is 0 Å². The average Bonchev–Trinajstić information content (AvgIpc) is 1.61. The highest BCUT2D eigenvalue weighted by atomic mass is 32.2. The largest absolute Gasteiger partial charge is 0.437 e. The van der Waals surface area contributed by atoms with Gasteiger partial charge in [0.05, 0.1) is 0 Å². The van der Waals surface area contributed by atoms with Crippen LogP contribution in [0, 0.1) is 0 Å². The Balaban J connectivity index is 2.82. The van der Waals surface area contributed by atoms with Crippen LogP contribution in [-0.4, -0.2) is 18.3 Å². The van der Waals surface area contributed by atoms with Crippen LogP contribution in [0.25, 0.3) is 0 Å². The molecule has 0 saturated carbocycles. The molecule has 4 heteroatoms. The maximum Gasteiger partial charge on any atom is 0.426 e. The van der Waals surface area contributed by atoms with E-state index >= 15 is 0 Å². The Morgan fingerprint density at radius 2 is 2.57 bits per heavy atom. The Hall–Kier alpha value is -0.380. The van der Waals surface area contributed by atoms with Gasteiger partial charge in [-0.3, -0.25) is 0 Å². The molecule has 3 nitrogen and oxygen atoms in total. The molecule has 0 aromatic carbocycles. The highest BCUT2D eigenvalue weighted by Crippen LogP contribution is 1.90. The van der Waals surface area contributed by atoms with Crippen LogP contribution in [-0.2, 0) is 4.74 Å². The van der Waals surface area contributed by atoms with E-state index in [4.69, 9.17) is 5.73 Å². The normalized spacial score (nSPS) is 8.14. The molecule has 0 atom stereocenters. The highest BCUT2D eigenvalue weighted by molar-refractivity contribution is 7.98. The molecular formula is C3H6NO2S. The maximum absolute atomic E-state index is 9.63. The number of carbonyl (C=O) groups is 1. The fourth-order valence-electron chi connectivity index (χ4n) is 0.112. The van der Waals surface area contributed by atoms with Gasteiger partial charge in [-0.15, -0.1) is 11.8 Å². The molecule has 0 spiro atoms. The molecule has 1 radical (unpaired) electrons. The lowest BCUT2D eigenvalue weighted by molar-refractivity contribution is 0.175. The summed E-state index contributed by atoms with van der Waals surface area (Å²) in [4.78, 5) is 9.63. The first-order valence-electron chi connectivity index (χ1n) is 1.64. The summed E-state index contributed by atoms with van der Waals surface area (Å²) < 4.78 is 4.18. The number of hydrogen-bond donors (Lipinski definition) is 0. The smallest absolute Gasteiger partial charge is 0.426 e. The fourth-order valence-corrected chi connectivity index (χ4v) is 0.337. The van der Waals surface area contributed by atoms with Crippen LogP contribution in [0.3, 0.4) is 0 Å². The first-order chi connectivity index (χ1) is 3.27. The van der Waals surface area contributed by atoms with Crippen LogP contribution in [0.4, 0.5) is 4.79 Å². The highest BCUT2D eigenvalue weighted by Gasteiger charge is 1.88. The van der Waals surface area contributed by atoms with Crippen molar-refractivity contribution in [2.75, 3.05) is 12.2 Å². The number of hydrogen-bond acceptors (Lipinski definition) is 3. The van der Waals surface area contributed by atoms with E-state index in [9.17, 15) is 4.79 Å². The summed E-state index contributed by atoms with van der Waals surface area (Å²) in [6.45, 7) is 0. The van der Waals surface area contributed by atoms with Crippen molar-refractivity contribution in [3.8, 4) is 0 Å². The molecule has 0 aliphatic carbocycles. The van der Waals surface area contributed by atoms with Crippen LogP contribution < -0.4 is 5.73 Å². The molecule has 0 rings (SSSR count). The van der Waals surface area contributed by atoms with Gasteiger partial charge in [0.25, 0.3) is 0 Å². The van der Waals surface area contributed by atoms with Crippen molar-refractivity contribution in [2.24, 2.45) is 0 Å². The fraction of sp³-hybridized carbons (Fsp3) is 0.667. The number of nitrogens with one attached hydrogen (secondary N) is 1. The predicted molar refractivity (Wildman–Crippen MR) is 28.0 cm³/mol. The minimum Gasteiger partial charge on any atom is -0.437 e. The van der Waals surface area contributed by atoms with Gasteiger partial charge in [-0.2, -0.15) is 0 Å². The first kappa shape index (κ1) is 6.62. The lowest BCUT2D eigenvalue weighted by atomic mass is 11.2. The molecule has 0 aromatic rings. The van der Waals surface area contributed by atoms with E-state index < -0.39 is 6.09 Å². The van der Waals surface area contributed by atoms with E-state index in [2.05, 4.69) is 4.74 Å². The minimum atomic E-state index is -0.964. The molecule has 0 heterocycles. The molecule has 0 bridgehead atoms. The van der Waals surface area contributed by atoms with Crippen molar-refractivity contribution in [2.45, 2.75) is 0 Å². The summed E-state index contributed by atoms with van der Waals surface area (Å²) in [5.41, 5.74) is 6.21. The Kier molecular flexibility index (Phi) is 3.59. The summed E-state index contributed by atoms with van der Waals surface area (Å²) in [6.07, 6.45) is 0.831. The second kappa shape index (κ2) is 3.80. The van der Waals surface area contributed by atoms with Crippen LogP contribution in [0.2, 0.25) is 0 Å². The molecule has 0 unspecified atom stereocenters. The van der Waals surface area contributed by atoms with Crippen LogP contribution in [0.1, 0.15) is 0 Å². The molecule has 7 heavy (non-hydrogen) atoms. The van der Waals surface area contributed by atoms with Gasteiger partial charge in [0.1, 0.15) is 5.94 Å². The van der Waals surface area contributed by atoms with E-state index in [1.54, 1.807) is 6.26 Å². The molecule has 0 fully saturated rings. The number of rotatable bonds is 2. The summed E-state index contributed by atoms with van der Waals surface area (Å²) in [5.74, 6) is 0.280. The molecule has 0 aliphatic heterocycles. The third-order valence-corrected chi connectivity index (χ3v) is 0.661. The predicted octanol–water partition coefficient (Wildman–Crippen LogP) is 0.726. The molecule has 1 N–H and O–H groups in total. The van der Waals surface area contributed by atoms with Crippen LogP contribution >= 0.6 is 11.8 Å². The standard InChI is InChI=1S/C3H6NO2S/c1-7-2-6-3(4)5/h4H,2H2,1H3. The zero-order chi connectivity index (χ0) is 5.70.